The van der Waals surface area contributed by atoms with Gasteiger partial charge in [-0.2, -0.15) is 0 Å². The Hall–Kier alpha value is -0.880. The number of hydrogen-bond donors (Lipinski definition) is 1. The molecule has 0 saturated heterocycles. The van der Waals surface area contributed by atoms with Gasteiger partial charge in [-0.3, -0.25) is 4.79 Å². The third-order valence-corrected chi connectivity index (χ3v) is 4.23. The highest BCUT2D eigenvalue weighted by molar-refractivity contribution is 14.1. The minimum Gasteiger partial charge on any atom is -0.322 e. The van der Waals surface area contributed by atoms with Crippen molar-refractivity contribution in [2.24, 2.45) is 0 Å². The van der Waals surface area contributed by atoms with Crippen LogP contribution in [0, 0.1) is 3.57 Å². The maximum absolute atomic E-state index is 12.2. The van der Waals surface area contributed by atoms with Crippen molar-refractivity contribution in [3.05, 3.63) is 61.6 Å². The molecule has 1 N–H and O–H groups in total. The minimum atomic E-state index is -0.0880. The van der Waals surface area contributed by atoms with E-state index in [0.717, 1.165) is 20.2 Å². The van der Waals surface area contributed by atoms with Gasteiger partial charge in [-0.05, 0) is 64.9 Å². The normalized spacial score (nSPS) is 10.3. The van der Waals surface area contributed by atoms with E-state index in [4.69, 9.17) is 0 Å². The number of hydrogen-bond acceptors (Lipinski definition) is 1. The van der Waals surface area contributed by atoms with Crippen LogP contribution in [0.5, 0.6) is 0 Å². The average Bonchev–Trinajstić information content (AvgIpc) is 2.42. The summed E-state index contributed by atoms with van der Waals surface area (Å²) in [5.74, 6) is -0.0880. The molecule has 0 bridgehead atoms. The van der Waals surface area contributed by atoms with E-state index in [9.17, 15) is 4.79 Å². The van der Waals surface area contributed by atoms with Gasteiger partial charge in [0, 0.05) is 13.7 Å². The number of halogens is 2. The van der Waals surface area contributed by atoms with E-state index < -0.39 is 0 Å². The Morgan fingerprint density at radius 2 is 1.89 bits per heavy atom. The zero-order valence-corrected chi connectivity index (χ0v) is 14.2. The molecule has 2 nitrogen and oxygen atoms in total. The smallest absolute Gasteiger partial charge is 0.256 e. The van der Waals surface area contributed by atoms with Crippen LogP contribution in [-0.4, -0.2) is 5.91 Å². The second-order valence-electron chi connectivity index (χ2n) is 4.13. The van der Waals surface area contributed by atoms with E-state index in [1.807, 2.05) is 42.5 Å². The van der Waals surface area contributed by atoms with E-state index in [1.165, 1.54) is 5.56 Å². The summed E-state index contributed by atoms with van der Waals surface area (Å²) in [6, 6.07) is 13.6. The summed E-state index contributed by atoms with van der Waals surface area (Å²) in [4.78, 5) is 12.2. The maximum Gasteiger partial charge on any atom is 0.256 e. The van der Waals surface area contributed by atoms with Crippen LogP contribution in [0.4, 0.5) is 5.69 Å². The number of anilines is 1. The molecule has 0 heterocycles. The Morgan fingerprint density at radius 1 is 1.21 bits per heavy atom. The summed E-state index contributed by atoms with van der Waals surface area (Å²) < 4.78 is 1.84. The SMILES string of the molecule is CCc1ccc(NC(=O)c2cc(Br)ccc2I)cc1. The number of amides is 1. The first-order valence-corrected chi connectivity index (χ1v) is 7.82. The minimum absolute atomic E-state index is 0.0880. The molecule has 2 aromatic carbocycles. The van der Waals surface area contributed by atoms with Crippen molar-refractivity contribution in [3.63, 3.8) is 0 Å². The zero-order chi connectivity index (χ0) is 13.8. The van der Waals surface area contributed by atoms with Crippen LogP contribution in [0.2, 0.25) is 0 Å². The molecule has 4 heteroatoms. The van der Waals surface area contributed by atoms with Crippen molar-refractivity contribution in [1.29, 1.82) is 0 Å². The summed E-state index contributed by atoms with van der Waals surface area (Å²) in [5.41, 5.74) is 2.75. The van der Waals surface area contributed by atoms with Crippen LogP contribution in [0.1, 0.15) is 22.8 Å². The Morgan fingerprint density at radius 3 is 2.53 bits per heavy atom. The zero-order valence-electron chi connectivity index (χ0n) is 10.4. The van der Waals surface area contributed by atoms with Gasteiger partial charge < -0.3 is 5.32 Å². The van der Waals surface area contributed by atoms with Gasteiger partial charge in [0.2, 0.25) is 0 Å². The number of aryl methyl sites for hydroxylation is 1. The average molecular weight is 430 g/mol. The third kappa shape index (κ3) is 3.79. The fourth-order valence-electron chi connectivity index (χ4n) is 1.69. The fraction of sp³-hybridized carbons (Fsp3) is 0.133. The monoisotopic (exact) mass is 429 g/mol. The topological polar surface area (TPSA) is 29.1 Å². The van der Waals surface area contributed by atoms with E-state index in [0.29, 0.717) is 5.56 Å². The highest BCUT2D eigenvalue weighted by Crippen LogP contribution is 2.20. The first-order valence-electron chi connectivity index (χ1n) is 5.95. The lowest BCUT2D eigenvalue weighted by atomic mass is 10.1. The summed E-state index contributed by atoms with van der Waals surface area (Å²) in [6.45, 7) is 2.11. The van der Waals surface area contributed by atoms with Gasteiger partial charge in [-0.25, -0.2) is 0 Å². The summed E-state index contributed by atoms with van der Waals surface area (Å²) in [7, 11) is 0. The Labute approximate surface area is 134 Å². The highest BCUT2D eigenvalue weighted by Gasteiger charge is 2.10. The van der Waals surface area contributed by atoms with Gasteiger partial charge in [-0.1, -0.05) is 35.0 Å². The number of nitrogens with one attached hydrogen (secondary N) is 1. The molecular formula is C15H13BrINO. The van der Waals surface area contributed by atoms with Crippen LogP contribution < -0.4 is 5.32 Å². The van der Waals surface area contributed by atoms with E-state index >= 15 is 0 Å². The number of carbonyl (C=O) groups is 1. The first-order chi connectivity index (χ1) is 9.10. The quantitative estimate of drug-likeness (QED) is 0.693. The number of rotatable bonds is 3. The van der Waals surface area contributed by atoms with Crippen molar-refractivity contribution in [1.82, 2.24) is 0 Å². The Balaban J connectivity index is 2.18. The molecule has 0 saturated carbocycles. The summed E-state index contributed by atoms with van der Waals surface area (Å²) >= 11 is 5.55. The van der Waals surface area contributed by atoms with Crippen molar-refractivity contribution in [2.75, 3.05) is 5.32 Å². The third-order valence-electron chi connectivity index (χ3n) is 2.79. The molecule has 98 valence electrons. The Bertz CT molecular complexity index is 596. The molecule has 0 radical (unpaired) electrons. The molecule has 2 rings (SSSR count). The van der Waals surface area contributed by atoms with Crippen LogP contribution in [0.15, 0.2) is 46.9 Å². The number of carbonyl (C=O) groups excluding carboxylic acids is 1. The molecule has 0 aliphatic carbocycles. The lowest BCUT2D eigenvalue weighted by Gasteiger charge is -2.08. The van der Waals surface area contributed by atoms with E-state index in [1.54, 1.807) is 0 Å². The molecule has 0 aliphatic heterocycles. The molecule has 0 aliphatic rings. The first kappa shape index (κ1) is 14.5. The molecule has 19 heavy (non-hydrogen) atoms. The van der Waals surface area contributed by atoms with Gasteiger partial charge in [0.1, 0.15) is 0 Å². The van der Waals surface area contributed by atoms with E-state index in [-0.39, 0.29) is 5.91 Å². The standard InChI is InChI=1S/C15H13BrINO/c1-2-10-3-6-12(7-4-10)18-15(19)13-9-11(16)5-8-14(13)17/h3-9H,2H2,1H3,(H,18,19). The van der Waals surface area contributed by atoms with Gasteiger partial charge >= 0.3 is 0 Å². The van der Waals surface area contributed by atoms with Crippen LogP contribution in [0.25, 0.3) is 0 Å². The van der Waals surface area contributed by atoms with Gasteiger partial charge in [0.05, 0.1) is 5.56 Å². The molecule has 0 atom stereocenters. The summed E-state index contributed by atoms with van der Waals surface area (Å²) in [6.07, 6.45) is 0.998. The molecule has 0 fully saturated rings. The predicted molar refractivity (Wildman–Crippen MR) is 90.6 cm³/mol. The predicted octanol–water partition coefficient (Wildman–Crippen LogP) is 4.87. The van der Waals surface area contributed by atoms with Crippen molar-refractivity contribution < 1.29 is 4.79 Å². The second-order valence-corrected chi connectivity index (χ2v) is 6.21. The maximum atomic E-state index is 12.2. The van der Waals surface area contributed by atoms with Crippen LogP contribution in [-0.2, 0) is 6.42 Å². The largest absolute Gasteiger partial charge is 0.322 e. The fourth-order valence-corrected chi connectivity index (χ4v) is 2.64. The van der Waals surface area contributed by atoms with Crippen molar-refractivity contribution in [2.45, 2.75) is 13.3 Å². The molecule has 1 amide bonds. The van der Waals surface area contributed by atoms with Crippen molar-refractivity contribution in [3.8, 4) is 0 Å². The van der Waals surface area contributed by atoms with Gasteiger partial charge in [0.15, 0.2) is 0 Å². The Kier molecular flexibility index (Phi) is 4.99. The van der Waals surface area contributed by atoms with E-state index in [2.05, 4.69) is 50.8 Å². The molecule has 0 aromatic heterocycles. The van der Waals surface area contributed by atoms with Crippen molar-refractivity contribution >= 4 is 50.1 Å². The number of benzene rings is 2. The molecule has 2 aromatic rings. The van der Waals surface area contributed by atoms with Gasteiger partial charge in [0.25, 0.3) is 5.91 Å². The highest BCUT2D eigenvalue weighted by atomic mass is 127. The summed E-state index contributed by atoms with van der Waals surface area (Å²) in [5, 5.41) is 2.91. The lowest BCUT2D eigenvalue weighted by molar-refractivity contribution is 0.102. The van der Waals surface area contributed by atoms with Crippen LogP contribution >= 0.6 is 38.5 Å². The van der Waals surface area contributed by atoms with Gasteiger partial charge in [-0.15, -0.1) is 0 Å². The molecule has 0 unspecified atom stereocenters. The second kappa shape index (κ2) is 6.52. The molecule has 0 spiro atoms. The van der Waals surface area contributed by atoms with Crippen LogP contribution in [0.3, 0.4) is 0 Å². The lowest BCUT2D eigenvalue weighted by Crippen LogP contribution is -2.13. The molecular weight excluding hydrogens is 417 g/mol.